The molecule has 0 saturated heterocycles. The molecule has 0 atom stereocenters. The molecule has 0 aliphatic heterocycles. The highest BCUT2D eigenvalue weighted by atomic mass is 32.1. The van der Waals surface area contributed by atoms with Gasteiger partial charge >= 0.3 is 5.97 Å². The summed E-state index contributed by atoms with van der Waals surface area (Å²) in [7, 11) is 0. The number of hydrogen-bond acceptors (Lipinski definition) is 6. The fourth-order valence-electron chi connectivity index (χ4n) is 3.65. The van der Waals surface area contributed by atoms with Gasteiger partial charge in [-0.2, -0.15) is 5.26 Å². The third kappa shape index (κ3) is 3.98. The molecule has 29 heavy (non-hydrogen) atoms. The van der Waals surface area contributed by atoms with E-state index in [1.807, 2.05) is 35.7 Å². The van der Waals surface area contributed by atoms with Gasteiger partial charge in [-0.3, -0.25) is 4.79 Å². The average molecular weight is 405 g/mol. The summed E-state index contributed by atoms with van der Waals surface area (Å²) in [5, 5.41) is 14.7. The number of para-hydroxylation sites is 1. The molecule has 1 aliphatic rings. The standard InChI is InChI=1S/C22H19N3O3S/c23-14-22(9-3-4-10-22)25-20(26)13-28-21(27)16-12-18(19-8-5-11-29-19)24-17-7-2-1-6-15(16)17/h1-2,5-8,11-12H,3-4,9-10,13H2,(H,25,26). The summed E-state index contributed by atoms with van der Waals surface area (Å²) in [4.78, 5) is 30.6. The van der Waals surface area contributed by atoms with Crippen molar-refractivity contribution in [3.63, 3.8) is 0 Å². The minimum atomic E-state index is -0.834. The van der Waals surface area contributed by atoms with Crippen LogP contribution in [-0.4, -0.2) is 29.0 Å². The zero-order chi connectivity index (χ0) is 20.3. The van der Waals surface area contributed by atoms with E-state index in [9.17, 15) is 14.9 Å². The van der Waals surface area contributed by atoms with Crippen LogP contribution in [0.1, 0.15) is 36.0 Å². The number of nitrogens with zero attached hydrogens (tertiary/aromatic N) is 2. The minimum Gasteiger partial charge on any atom is -0.452 e. The molecular formula is C22H19N3O3S. The van der Waals surface area contributed by atoms with Crippen LogP contribution in [0.4, 0.5) is 0 Å². The highest BCUT2D eigenvalue weighted by Gasteiger charge is 2.35. The Morgan fingerprint density at radius 3 is 2.72 bits per heavy atom. The number of fused-ring (bicyclic) bond motifs is 1. The van der Waals surface area contributed by atoms with Gasteiger partial charge < -0.3 is 10.1 Å². The maximum atomic E-state index is 12.8. The van der Waals surface area contributed by atoms with Gasteiger partial charge in [-0.15, -0.1) is 11.3 Å². The van der Waals surface area contributed by atoms with E-state index in [1.165, 1.54) is 11.3 Å². The summed E-state index contributed by atoms with van der Waals surface area (Å²) in [5.74, 6) is -1.05. The third-order valence-electron chi connectivity index (χ3n) is 5.09. The fourth-order valence-corrected chi connectivity index (χ4v) is 4.34. The number of rotatable bonds is 5. The predicted molar refractivity (Wildman–Crippen MR) is 110 cm³/mol. The Bertz CT molecular complexity index is 1100. The maximum absolute atomic E-state index is 12.8. The minimum absolute atomic E-state index is 0.364. The molecule has 1 N–H and O–H groups in total. The predicted octanol–water partition coefficient (Wildman–Crippen LogP) is 4.07. The van der Waals surface area contributed by atoms with Crippen LogP contribution in [0.15, 0.2) is 47.8 Å². The van der Waals surface area contributed by atoms with Crippen molar-refractivity contribution >= 4 is 34.1 Å². The molecule has 1 amide bonds. The Balaban J connectivity index is 1.54. The van der Waals surface area contributed by atoms with Crippen molar-refractivity contribution in [2.24, 2.45) is 0 Å². The smallest absolute Gasteiger partial charge is 0.339 e. The monoisotopic (exact) mass is 405 g/mol. The molecule has 0 unspecified atom stereocenters. The largest absolute Gasteiger partial charge is 0.452 e. The van der Waals surface area contributed by atoms with E-state index >= 15 is 0 Å². The first-order chi connectivity index (χ1) is 14.1. The van der Waals surface area contributed by atoms with Crippen LogP contribution in [0.5, 0.6) is 0 Å². The van der Waals surface area contributed by atoms with Crippen LogP contribution in [0, 0.1) is 11.3 Å². The molecule has 146 valence electrons. The average Bonchev–Trinajstić information content (AvgIpc) is 3.44. The quantitative estimate of drug-likeness (QED) is 0.646. The number of carbonyl (C=O) groups is 2. The molecule has 4 rings (SSSR count). The number of nitrogens with one attached hydrogen (secondary N) is 1. The second-order valence-electron chi connectivity index (χ2n) is 7.07. The van der Waals surface area contributed by atoms with E-state index in [2.05, 4.69) is 16.4 Å². The Kier molecular flexibility index (Phi) is 5.28. The van der Waals surface area contributed by atoms with Crippen LogP contribution < -0.4 is 5.32 Å². The van der Waals surface area contributed by atoms with E-state index in [-0.39, 0.29) is 0 Å². The highest BCUT2D eigenvalue weighted by Crippen LogP contribution is 2.29. The third-order valence-corrected chi connectivity index (χ3v) is 5.99. The topological polar surface area (TPSA) is 92.1 Å². The summed E-state index contributed by atoms with van der Waals surface area (Å²) >= 11 is 1.53. The molecule has 3 aromatic rings. The van der Waals surface area contributed by atoms with Crippen LogP contribution in [0.2, 0.25) is 0 Å². The lowest BCUT2D eigenvalue weighted by Crippen LogP contribution is -2.46. The van der Waals surface area contributed by atoms with Crippen molar-refractivity contribution in [3.8, 4) is 16.6 Å². The zero-order valence-corrected chi connectivity index (χ0v) is 16.5. The van der Waals surface area contributed by atoms with E-state index in [4.69, 9.17) is 4.74 Å². The second kappa shape index (κ2) is 8.02. The SMILES string of the molecule is N#CC1(NC(=O)COC(=O)c2cc(-c3cccs3)nc3ccccc23)CCCC1. The van der Waals surface area contributed by atoms with Crippen LogP contribution in [0.25, 0.3) is 21.5 Å². The number of amides is 1. The lowest BCUT2D eigenvalue weighted by atomic mass is 10.00. The van der Waals surface area contributed by atoms with Crippen LogP contribution in [0.3, 0.4) is 0 Å². The van der Waals surface area contributed by atoms with E-state index in [0.717, 1.165) is 17.7 Å². The molecule has 6 nitrogen and oxygen atoms in total. The normalized spacial score (nSPS) is 15.0. The number of carbonyl (C=O) groups excluding carboxylic acids is 2. The number of pyridine rings is 1. The van der Waals surface area contributed by atoms with Gasteiger partial charge in [0, 0.05) is 5.39 Å². The molecule has 1 fully saturated rings. The van der Waals surface area contributed by atoms with Crippen molar-refractivity contribution in [3.05, 3.63) is 53.4 Å². The van der Waals surface area contributed by atoms with Gasteiger partial charge in [0.15, 0.2) is 6.61 Å². The number of ether oxygens (including phenoxy) is 1. The Labute approximate surface area is 172 Å². The molecular weight excluding hydrogens is 386 g/mol. The fraction of sp³-hybridized carbons (Fsp3) is 0.273. The first-order valence-electron chi connectivity index (χ1n) is 9.43. The summed E-state index contributed by atoms with van der Waals surface area (Å²) in [5.41, 5.74) is 0.899. The van der Waals surface area contributed by atoms with Gasteiger partial charge in [0.1, 0.15) is 5.54 Å². The van der Waals surface area contributed by atoms with E-state index < -0.39 is 24.0 Å². The summed E-state index contributed by atoms with van der Waals surface area (Å²) in [6.45, 7) is -0.423. The number of thiophene rings is 1. The van der Waals surface area contributed by atoms with Crippen LogP contribution >= 0.6 is 11.3 Å². The molecule has 7 heteroatoms. The Morgan fingerprint density at radius 2 is 2.00 bits per heavy atom. The summed E-state index contributed by atoms with van der Waals surface area (Å²) < 4.78 is 5.29. The molecule has 2 heterocycles. The summed E-state index contributed by atoms with van der Waals surface area (Å²) in [6, 6.07) is 15.1. The molecule has 1 saturated carbocycles. The molecule has 1 aromatic carbocycles. The van der Waals surface area contributed by atoms with Gasteiger partial charge in [-0.05, 0) is 49.3 Å². The molecule has 0 radical (unpaired) electrons. The van der Waals surface area contributed by atoms with Crippen molar-refractivity contribution in [1.82, 2.24) is 10.3 Å². The molecule has 0 spiro atoms. The maximum Gasteiger partial charge on any atom is 0.339 e. The first kappa shape index (κ1) is 19.1. The Hall–Kier alpha value is -3.24. The number of hydrogen-bond donors (Lipinski definition) is 1. The van der Waals surface area contributed by atoms with E-state index in [1.54, 1.807) is 12.1 Å². The van der Waals surface area contributed by atoms with Crippen LogP contribution in [-0.2, 0) is 9.53 Å². The number of nitriles is 1. The first-order valence-corrected chi connectivity index (χ1v) is 10.3. The van der Waals surface area contributed by atoms with Crippen molar-refractivity contribution in [2.75, 3.05) is 6.61 Å². The number of benzene rings is 1. The number of esters is 1. The lowest BCUT2D eigenvalue weighted by Gasteiger charge is -2.21. The van der Waals surface area contributed by atoms with Gasteiger partial charge in [0.2, 0.25) is 0 Å². The Morgan fingerprint density at radius 1 is 1.21 bits per heavy atom. The second-order valence-corrected chi connectivity index (χ2v) is 8.02. The zero-order valence-electron chi connectivity index (χ0n) is 15.7. The molecule has 2 aromatic heterocycles. The molecule has 0 bridgehead atoms. The van der Waals surface area contributed by atoms with Gasteiger partial charge in [-0.1, -0.05) is 24.3 Å². The van der Waals surface area contributed by atoms with Crippen molar-refractivity contribution in [1.29, 1.82) is 5.26 Å². The molecule has 1 aliphatic carbocycles. The van der Waals surface area contributed by atoms with Gasteiger partial charge in [0.05, 0.1) is 27.7 Å². The van der Waals surface area contributed by atoms with E-state index in [0.29, 0.717) is 35.0 Å². The lowest BCUT2D eigenvalue weighted by molar-refractivity contribution is -0.125. The summed E-state index contributed by atoms with van der Waals surface area (Å²) in [6.07, 6.45) is 3.06. The van der Waals surface area contributed by atoms with Gasteiger partial charge in [-0.25, -0.2) is 9.78 Å². The number of aromatic nitrogens is 1. The van der Waals surface area contributed by atoms with Crippen molar-refractivity contribution < 1.29 is 14.3 Å². The highest BCUT2D eigenvalue weighted by molar-refractivity contribution is 7.13. The van der Waals surface area contributed by atoms with Gasteiger partial charge in [0.25, 0.3) is 5.91 Å². The van der Waals surface area contributed by atoms with Crippen molar-refractivity contribution in [2.45, 2.75) is 31.2 Å².